The molecule has 1 amide bonds. The van der Waals surface area contributed by atoms with Crippen molar-refractivity contribution in [2.75, 3.05) is 11.9 Å². The lowest BCUT2D eigenvalue weighted by Crippen LogP contribution is -2.09. The summed E-state index contributed by atoms with van der Waals surface area (Å²) in [6.07, 6.45) is 5.06. The van der Waals surface area contributed by atoms with Gasteiger partial charge in [0.05, 0.1) is 24.1 Å². The third-order valence-electron chi connectivity index (χ3n) is 6.15. The molecule has 0 spiro atoms. The Morgan fingerprint density at radius 2 is 1.92 bits per heavy atom. The van der Waals surface area contributed by atoms with E-state index in [1.165, 1.54) is 0 Å². The molecule has 3 aromatic carbocycles. The number of nitrogens with zero attached hydrogens (tertiary/aromatic N) is 1. The zero-order valence-electron chi connectivity index (χ0n) is 20.3. The third kappa shape index (κ3) is 4.45. The minimum atomic E-state index is -0.240. The number of aryl methyl sites for hydroxylation is 1. The molecule has 0 aliphatic rings. The molecular weight excluding hydrogens is 472 g/mol. The van der Waals surface area contributed by atoms with Crippen LogP contribution >= 0.6 is 11.6 Å². The standard InChI is InChI=1S/C30H25ClN2O3/c1-4-35-29-19(3)30-24(25(17-36-30)20-10-12-22(31)13-11-20)16-23(29)18(2)15-27(34)33-26-9-5-7-21-8-6-14-32-28(21)26/h5-17H,4H2,1-3H3,(H,33,34)/b18-15+. The van der Waals surface area contributed by atoms with E-state index in [2.05, 4.69) is 10.3 Å². The second kappa shape index (κ2) is 9.88. The lowest BCUT2D eigenvalue weighted by Gasteiger charge is -2.15. The molecule has 6 heteroatoms. The molecule has 1 N–H and O–H groups in total. The first-order chi connectivity index (χ1) is 17.5. The van der Waals surface area contributed by atoms with E-state index < -0.39 is 0 Å². The third-order valence-corrected chi connectivity index (χ3v) is 6.40. The molecule has 2 aromatic heterocycles. The highest BCUT2D eigenvalue weighted by Gasteiger charge is 2.19. The second-order valence-electron chi connectivity index (χ2n) is 8.54. The number of allylic oxidation sites excluding steroid dienone is 1. The number of hydrogen-bond acceptors (Lipinski definition) is 4. The van der Waals surface area contributed by atoms with Crippen LogP contribution in [0.2, 0.25) is 5.02 Å². The lowest BCUT2D eigenvalue weighted by atomic mass is 9.96. The average Bonchev–Trinajstić information content (AvgIpc) is 3.30. The fraction of sp³-hybridized carbons (Fsp3) is 0.133. The molecule has 2 heterocycles. The number of hydrogen-bond donors (Lipinski definition) is 1. The van der Waals surface area contributed by atoms with Gasteiger partial charge in [-0.3, -0.25) is 9.78 Å². The number of pyridine rings is 1. The summed E-state index contributed by atoms with van der Waals surface area (Å²) in [4.78, 5) is 17.5. The van der Waals surface area contributed by atoms with Gasteiger partial charge in [-0.25, -0.2) is 0 Å². The normalized spacial score (nSPS) is 11.7. The van der Waals surface area contributed by atoms with E-state index in [0.717, 1.165) is 49.7 Å². The number of aromatic nitrogens is 1. The van der Waals surface area contributed by atoms with Crippen molar-refractivity contribution in [3.63, 3.8) is 0 Å². The molecule has 180 valence electrons. The summed E-state index contributed by atoms with van der Waals surface area (Å²) in [6, 6.07) is 19.2. The second-order valence-corrected chi connectivity index (χ2v) is 8.98. The van der Waals surface area contributed by atoms with E-state index in [1.807, 2.05) is 81.4 Å². The quantitative estimate of drug-likeness (QED) is 0.241. The van der Waals surface area contributed by atoms with Gasteiger partial charge in [0.1, 0.15) is 11.3 Å². The largest absolute Gasteiger partial charge is 0.493 e. The molecule has 5 nitrogen and oxygen atoms in total. The average molecular weight is 497 g/mol. The molecule has 0 fully saturated rings. The summed E-state index contributed by atoms with van der Waals surface area (Å²) in [6.45, 7) is 6.31. The van der Waals surface area contributed by atoms with E-state index in [9.17, 15) is 4.79 Å². The Morgan fingerprint density at radius 1 is 1.14 bits per heavy atom. The van der Waals surface area contributed by atoms with Crippen molar-refractivity contribution in [1.29, 1.82) is 0 Å². The van der Waals surface area contributed by atoms with Crippen molar-refractivity contribution < 1.29 is 13.9 Å². The van der Waals surface area contributed by atoms with Gasteiger partial charge in [0.25, 0.3) is 0 Å². The molecule has 5 rings (SSSR count). The van der Waals surface area contributed by atoms with Gasteiger partial charge in [-0.1, -0.05) is 41.9 Å². The number of para-hydroxylation sites is 1. The van der Waals surface area contributed by atoms with Crippen molar-refractivity contribution >= 4 is 50.6 Å². The number of anilines is 1. The van der Waals surface area contributed by atoms with Crippen molar-refractivity contribution in [1.82, 2.24) is 4.98 Å². The first-order valence-electron chi connectivity index (χ1n) is 11.7. The number of benzene rings is 3. The Balaban J connectivity index is 1.56. The number of halogens is 1. The van der Waals surface area contributed by atoms with Gasteiger partial charge in [0.2, 0.25) is 5.91 Å². The summed E-state index contributed by atoms with van der Waals surface area (Å²) < 4.78 is 12.0. The van der Waals surface area contributed by atoms with Crippen molar-refractivity contribution in [2.45, 2.75) is 20.8 Å². The highest BCUT2D eigenvalue weighted by Crippen LogP contribution is 2.41. The number of rotatable bonds is 6. The number of amides is 1. The molecule has 36 heavy (non-hydrogen) atoms. The number of fused-ring (bicyclic) bond motifs is 2. The predicted molar refractivity (Wildman–Crippen MR) is 147 cm³/mol. The summed E-state index contributed by atoms with van der Waals surface area (Å²) >= 11 is 6.09. The van der Waals surface area contributed by atoms with Gasteiger partial charge >= 0.3 is 0 Å². The summed E-state index contributed by atoms with van der Waals surface area (Å²) in [5.74, 6) is 0.464. The van der Waals surface area contributed by atoms with E-state index in [4.69, 9.17) is 20.8 Å². The maximum Gasteiger partial charge on any atom is 0.248 e. The van der Waals surface area contributed by atoms with Gasteiger partial charge in [0, 0.05) is 44.8 Å². The van der Waals surface area contributed by atoms with E-state index in [0.29, 0.717) is 23.1 Å². The first-order valence-corrected chi connectivity index (χ1v) is 12.1. The predicted octanol–water partition coefficient (Wildman–Crippen LogP) is 8.05. The van der Waals surface area contributed by atoms with Crippen LogP contribution in [-0.4, -0.2) is 17.5 Å². The number of carbonyl (C=O) groups excluding carboxylic acids is 1. The van der Waals surface area contributed by atoms with Crippen LogP contribution in [0.5, 0.6) is 5.75 Å². The maximum atomic E-state index is 13.0. The Labute approximate surface area is 214 Å². The van der Waals surface area contributed by atoms with Gasteiger partial charge in [-0.2, -0.15) is 0 Å². The molecule has 5 aromatic rings. The van der Waals surface area contributed by atoms with Gasteiger partial charge in [-0.15, -0.1) is 0 Å². The first kappa shape index (κ1) is 23.6. The minimum Gasteiger partial charge on any atom is -0.493 e. The van der Waals surface area contributed by atoms with Gasteiger partial charge < -0.3 is 14.5 Å². The van der Waals surface area contributed by atoms with Crippen LogP contribution in [0.1, 0.15) is 25.0 Å². The van der Waals surface area contributed by atoms with E-state index in [-0.39, 0.29) is 5.91 Å². The van der Waals surface area contributed by atoms with Gasteiger partial charge in [-0.05, 0) is 62.2 Å². The van der Waals surface area contributed by atoms with E-state index >= 15 is 0 Å². The summed E-state index contributed by atoms with van der Waals surface area (Å²) in [7, 11) is 0. The van der Waals surface area contributed by atoms with Crippen LogP contribution in [0.4, 0.5) is 5.69 Å². The van der Waals surface area contributed by atoms with Crippen LogP contribution in [0.15, 0.2) is 83.6 Å². The summed E-state index contributed by atoms with van der Waals surface area (Å²) in [5, 5.41) is 5.56. The molecule has 0 saturated heterocycles. The Bertz CT molecular complexity index is 1610. The molecule has 0 atom stereocenters. The number of ether oxygens (including phenoxy) is 1. The number of carbonyl (C=O) groups is 1. The minimum absolute atomic E-state index is 0.240. The van der Waals surface area contributed by atoms with Crippen LogP contribution in [0.25, 0.3) is 38.6 Å². The topological polar surface area (TPSA) is 64.4 Å². The zero-order valence-corrected chi connectivity index (χ0v) is 21.0. The molecule has 0 aliphatic heterocycles. The fourth-order valence-corrected chi connectivity index (χ4v) is 4.57. The molecule has 0 bridgehead atoms. The van der Waals surface area contributed by atoms with Crippen LogP contribution in [0.3, 0.4) is 0 Å². The van der Waals surface area contributed by atoms with Crippen molar-refractivity contribution in [3.8, 4) is 16.9 Å². The maximum absolute atomic E-state index is 13.0. The van der Waals surface area contributed by atoms with Crippen LogP contribution in [0, 0.1) is 6.92 Å². The van der Waals surface area contributed by atoms with E-state index in [1.54, 1.807) is 18.5 Å². The molecule has 0 aliphatic carbocycles. The summed E-state index contributed by atoms with van der Waals surface area (Å²) in [5.41, 5.74) is 6.62. The molecule has 0 saturated carbocycles. The Hall–Kier alpha value is -4.09. The molecule has 0 radical (unpaired) electrons. The van der Waals surface area contributed by atoms with Gasteiger partial charge in [0.15, 0.2) is 0 Å². The monoisotopic (exact) mass is 496 g/mol. The van der Waals surface area contributed by atoms with Crippen LogP contribution in [-0.2, 0) is 4.79 Å². The molecular formula is C30H25ClN2O3. The van der Waals surface area contributed by atoms with Crippen molar-refractivity contribution in [2.24, 2.45) is 0 Å². The zero-order chi connectivity index (χ0) is 25.2. The number of nitrogens with one attached hydrogen (secondary N) is 1. The van der Waals surface area contributed by atoms with Crippen LogP contribution < -0.4 is 10.1 Å². The molecule has 0 unspecified atom stereocenters. The number of furan rings is 1. The lowest BCUT2D eigenvalue weighted by molar-refractivity contribution is -0.111. The smallest absolute Gasteiger partial charge is 0.248 e. The SMILES string of the molecule is CCOc1c(/C(C)=C/C(=O)Nc2cccc3cccnc23)cc2c(-c3ccc(Cl)cc3)coc2c1C. The highest BCUT2D eigenvalue weighted by molar-refractivity contribution is 6.30. The Kier molecular flexibility index (Phi) is 6.49. The van der Waals surface area contributed by atoms with Crippen molar-refractivity contribution in [3.05, 3.63) is 95.3 Å². The highest BCUT2D eigenvalue weighted by atomic mass is 35.5. The fourth-order valence-electron chi connectivity index (χ4n) is 4.44. The Morgan fingerprint density at radius 3 is 2.69 bits per heavy atom.